The summed E-state index contributed by atoms with van der Waals surface area (Å²) >= 11 is 1.26. The molecule has 0 radical (unpaired) electrons. The molecule has 3 rings (SSSR count). The van der Waals surface area contributed by atoms with Crippen molar-refractivity contribution in [3.05, 3.63) is 69.9 Å². The van der Waals surface area contributed by atoms with Crippen LogP contribution in [-0.2, 0) is 11.3 Å². The van der Waals surface area contributed by atoms with Gasteiger partial charge in [-0.05, 0) is 37.3 Å². The van der Waals surface area contributed by atoms with Crippen molar-refractivity contribution < 1.29 is 19.1 Å². The Bertz CT molecular complexity index is 957. The van der Waals surface area contributed by atoms with Crippen LogP contribution in [0.2, 0.25) is 0 Å². The molecule has 8 heteroatoms. The minimum atomic E-state index is -0.463. The molecule has 2 aromatic heterocycles. The standard InChI is InChI=1S/C19H17N3O4S/c1-12-17(27-16(21-12)11-26-15-7-4-8-20-10-15)18(23)22-14-6-3-5-13(9-14)19(24)25-2/h3-10H,11H2,1-2H3,(H,22,23). The van der Waals surface area contributed by atoms with E-state index in [0.717, 1.165) is 0 Å². The number of aryl methyl sites for hydroxylation is 1. The number of amides is 1. The van der Waals surface area contributed by atoms with E-state index in [-0.39, 0.29) is 12.5 Å². The third-order valence-electron chi connectivity index (χ3n) is 3.59. The molecule has 1 amide bonds. The lowest BCUT2D eigenvalue weighted by Gasteiger charge is -2.06. The van der Waals surface area contributed by atoms with E-state index in [1.807, 2.05) is 0 Å². The number of nitrogens with zero attached hydrogens (tertiary/aromatic N) is 2. The summed E-state index contributed by atoms with van der Waals surface area (Å²) in [4.78, 5) is 33.0. The Morgan fingerprint density at radius 1 is 1.22 bits per heavy atom. The number of aromatic nitrogens is 2. The van der Waals surface area contributed by atoms with Crippen LogP contribution in [-0.4, -0.2) is 29.0 Å². The summed E-state index contributed by atoms with van der Waals surface area (Å²) < 4.78 is 10.3. The first-order valence-corrected chi connectivity index (χ1v) is 8.87. The zero-order valence-corrected chi connectivity index (χ0v) is 15.6. The Labute approximate surface area is 160 Å². The second kappa shape index (κ2) is 8.41. The van der Waals surface area contributed by atoms with Gasteiger partial charge in [0.25, 0.3) is 5.91 Å². The average molecular weight is 383 g/mol. The molecule has 2 heterocycles. The van der Waals surface area contributed by atoms with E-state index in [4.69, 9.17) is 4.74 Å². The van der Waals surface area contributed by atoms with Crippen LogP contribution in [0.1, 0.15) is 30.7 Å². The zero-order chi connectivity index (χ0) is 19.2. The summed E-state index contributed by atoms with van der Waals surface area (Å²) in [5.41, 5.74) is 1.48. The van der Waals surface area contributed by atoms with Crippen LogP contribution >= 0.6 is 11.3 Å². The summed E-state index contributed by atoms with van der Waals surface area (Å²) in [5.74, 6) is -0.120. The minimum Gasteiger partial charge on any atom is -0.485 e. The summed E-state index contributed by atoms with van der Waals surface area (Å²) in [6, 6.07) is 10.1. The normalized spacial score (nSPS) is 10.3. The number of thiazole rings is 1. The predicted molar refractivity (Wildman–Crippen MR) is 101 cm³/mol. The average Bonchev–Trinajstić information content (AvgIpc) is 3.07. The molecule has 1 aromatic carbocycles. The van der Waals surface area contributed by atoms with Crippen molar-refractivity contribution in [2.45, 2.75) is 13.5 Å². The molecule has 0 fully saturated rings. The van der Waals surface area contributed by atoms with Gasteiger partial charge in [0.05, 0.1) is 24.6 Å². The number of carbonyl (C=O) groups is 2. The number of hydrogen-bond donors (Lipinski definition) is 1. The second-order valence-corrected chi connectivity index (χ2v) is 6.61. The summed E-state index contributed by atoms with van der Waals surface area (Å²) in [7, 11) is 1.31. The molecule has 0 saturated heterocycles. The zero-order valence-electron chi connectivity index (χ0n) is 14.8. The highest BCUT2D eigenvalue weighted by Gasteiger charge is 2.16. The number of carbonyl (C=O) groups excluding carboxylic acids is 2. The van der Waals surface area contributed by atoms with E-state index >= 15 is 0 Å². The fourth-order valence-electron chi connectivity index (χ4n) is 2.33. The van der Waals surface area contributed by atoms with Crippen molar-refractivity contribution in [2.75, 3.05) is 12.4 Å². The molecule has 3 aromatic rings. The molecule has 138 valence electrons. The highest BCUT2D eigenvalue weighted by molar-refractivity contribution is 7.13. The first-order chi connectivity index (χ1) is 13.1. The van der Waals surface area contributed by atoms with E-state index < -0.39 is 5.97 Å². The highest BCUT2D eigenvalue weighted by Crippen LogP contribution is 2.22. The van der Waals surface area contributed by atoms with Gasteiger partial charge in [0.2, 0.25) is 0 Å². The van der Waals surface area contributed by atoms with Crippen LogP contribution < -0.4 is 10.1 Å². The van der Waals surface area contributed by atoms with E-state index in [2.05, 4.69) is 20.0 Å². The number of anilines is 1. The van der Waals surface area contributed by atoms with Crippen molar-refractivity contribution in [3.8, 4) is 5.75 Å². The third-order valence-corrected chi connectivity index (χ3v) is 4.72. The van der Waals surface area contributed by atoms with E-state index in [0.29, 0.717) is 32.6 Å². The largest absolute Gasteiger partial charge is 0.485 e. The number of methoxy groups -OCH3 is 1. The molecule has 1 N–H and O–H groups in total. The summed E-state index contributed by atoms with van der Waals surface area (Å²) in [6.45, 7) is 2.02. The number of hydrogen-bond acceptors (Lipinski definition) is 7. The van der Waals surface area contributed by atoms with Crippen LogP contribution in [0.15, 0.2) is 48.8 Å². The molecular weight excluding hydrogens is 366 g/mol. The minimum absolute atomic E-state index is 0.252. The van der Waals surface area contributed by atoms with Gasteiger partial charge >= 0.3 is 5.97 Å². The Morgan fingerprint density at radius 3 is 2.81 bits per heavy atom. The van der Waals surface area contributed by atoms with Gasteiger partial charge < -0.3 is 14.8 Å². The maximum atomic E-state index is 12.6. The number of ether oxygens (including phenoxy) is 2. The Morgan fingerprint density at radius 2 is 2.07 bits per heavy atom. The molecule has 0 atom stereocenters. The van der Waals surface area contributed by atoms with Crippen molar-refractivity contribution in [3.63, 3.8) is 0 Å². The molecular formula is C19H17N3O4S. The Hall–Kier alpha value is -3.26. The molecule has 0 bridgehead atoms. The fraction of sp³-hybridized carbons (Fsp3) is 0.158. The lowest BCUT2D eigenvalue weighted by molar-refractivity contribution is 0.0600. The van der Waals surface area contributed by atoms with Crippen LogP contribution in [0.3, 0.4) is 0 Å². The molecule has 0 unspecified atom stereocenters. The van der Waals surface area contributed by atoms with Gasteiger partial charge in [-0.1, -0.05) is 6.07 Å². The van der Waals surface area contributed by atoms with Gasteiger partial charge in [0.15, 0.2) is 0 Å². The maximum Gasteiger partial charge on any atom is 0.337 e. The van der Waals surface area contributed by atoms with E-state index in [1.54, 1.807) is 55.7 Å². The summed E-state index contributed by atoms with van der Waals surface area (Å²) in [6.07, 6.45) is 3.28. The molecule has 27 heavy (non-hydrogen) atoms. The lowest BCUT2D eigenvalue weighted by Crippen LogP contribution is -2.12. The Balaban J connectivity index is 1.68. The smallest absolute Gasteiger partial charge is 0.337 e. The van der Waals surface area contributed by atoms with Gasteiger partial charge in [0.1, 0.15) is 22.2 Å². The lowest BCUT2D eigenvalue weighted by atomic mass is 10.2. The van der Waals surface area contributed by atoms with Gasteiger partial charge in [-0.3, -0.25) is 9.78 Å². The molecule has 0 aliphatic rings. The highest BCUT2D eigenvalue weighted by atomic mass is 32.1. The molecule has 7 nitrogen and oxygen atoms in total. The third kappa shape index (κ3) is 4.68. The predicted octanol–water partition coefficient (Wildman–Crippen LogP) is 3.46. The van der Waals surface area contributed by atoms with Gasteiger partial charge in [0, 0.05) is 11.9 Å². The Kier molecular flexibility index (Phi) is 5.77. The van der Waals surface area contributed by atoms with Crippen molar-refractivity contribution >= 4 is 28.9 Å². The van der Waals surface area contributed by atoms with Crippen LogP contribution in [0, 0.1) is 6.92 Å². The van der Waals surface area contributed by atoms with E-state index in [9.17, 15) is 9.59 Å². The van der Waals surface area contributed by atoms with Crippen LogP contribution in [0.4, 0.5) is 5.69 Å². The molecule has 0 aliphatic heterocycles. The van der Waals surface area contributed by atoms with Crippen LogP contribution in [0.25, 0.3) is 0 Å². The topological polar surface area (TPSA) is 90.4 Å². The second-order valence-electron chi connectivity index (χ2n) is 5.53. The van der Waals surface area contributed by atoms with Gasteiger partial charge in [-0.25, -0.2) is 9.78 Å². The van der Waals surface area contributed by atoms with Crippen LogP contribution in [0.5, 0.6) is 5.75 Å². The van der Waals surface area contributed by atoms with Crippen molar-refractivity contribution in [1.82, 2.24) is 9.97 Å². The first kappa shape index (κ1) is 18.5. The number of benzene rings is 1. The first-order valence-electron chi connectivity index (χ1n) is 8.05. The number of rotatable bonds is 6. The number of nitrogens with one attached hydrogen (secondary N) is 1. The number of pyridine rings is 1. The molecule has 0 aliphatic carbocycles. The maximum absolute atomic E-state index is 12.6. The molecule has 0 saturated carbocycles. The van der Waals surface area contributed by atoms with Crippen molar-refractivity contribution in [1.29, 1.82) is 0 Å². The monoisotopic (exact) mass is 383 g/mol. The van der Waals surface area contributed by atoms with E-state index in [1.165, 1.54) is 18.4 Å². The SMILES string of the molecule is COC(=O)c1cccc(NC(=O)c2sc(COc3cccnc3)nc2C)c1. The molecule has 0 spiro atoms. The van der Waals surface area contributed by atoms with Crippen molar-refractivity contribution in [2.24, 2.45) is 0 Å². The quantitative estimate of drug-likeness (QED) is 0.656. The number of esters is 1. The van der Waals surface area contributed by atoms with Gasteiger partial charge in [-0.2, -0.15) is 0 Å². The summed E-state index contributed by atoms with van der Waals surface area (Å²) in [5, 5.41) is 3.46. The fourth-order valence-corrected chi connectivity index (χ4v) is 3.21. The van der Waals surface area contributed by atoms with Gasteiger partial charge in [-0.15, -0.1) is 11.3 Å².